The van der Waals surface area contributed by atoms with E-state index in [1.807, 2.05) is 18.7 Å². The van der Waals surface area contributed by atoms with Crippen LogP contribution in [0.1, 0.15) is 30.7 Å². The lowest BCUT2D eigenvalue weighted by Crippen LogP contribution is -2.44. The van der Waals surface area contributed by atoms with E-state index in [0.29, 0.717) is 38.0 Å². The first-order chi connectivity index (χ1) is 12.4. The number of hydrogen-bond donors (Lipinski definition) is 0. The summed E-state index contributed by atoms with van der Waals surface area (Å²) in [6, 6.07) is 0. The summed E-state index contributed by atoms with van der Waals surface area (Å²) >= 11 is 7.47. The fourth-order valence-electron chi connectivity index (χ4n) is 3.22. The van der Waals surface area contributed by atoms with Crippen LogP contribution >= 0.6 is 22.9 Å². The van der Waals surface area contributed by atoms with Crippen LogP contribution in [-0.2, 0) is 29.0 Å². The predicted octanol–water partition coefficient (Wildman–Crippen LogP) is 2.64. The molecule has 1 aliphatic heterocycles. The normalized spacial score (nSPS) is 14.7. The Bertz CT molecular complexity index is 874. The lowest BCUT2D eigenvalue weighted by Gasteiger charge is -2.33. The number of halogens is 1. The van der Waals surface area contributed by atoms with E-state index in [-0.39, 0.29) is 17.3 Å². The number of thiophene rings is 1. The summed E-state index contributed by atoms with van der Waals surface area (Å²) in [5.41, 5.74) is 0.475. The van der Waals surface area contributed by atoms with E-state index in [4.69, 9.17) is 16.3 Å². The van der Waals surface area contributed by atoms with Gasteiger partial charge in [0.05, 0.1) is 23.7 Å². The molecule has 1 amide bonds. The lowest BCUT2D eigenvalue weighted by molar-refractivity contribution is -0.140. The van der Waals surface area contributed by atoms with Gasteiger partial charge in [-0.15, -0.1) is 22.9 Å². The molecule has 0 aliphatic carbocycles. The topological polar surface area (TPSA) is 64.4 Å². The molecule has 0 atom stereocenters. The molecule has 26 heavy (non-hydrogen) atoms. The highest BCUT2D eigenvalue weighted by Gasteiger charge is 2.34. The molecule has 0 bridgehead atoms. The van der Waals surface area contributed by atoms with Crippen molar-refractivity contribution in [1.82, 2.24) is 14.5 Å². The van der Waals surface area contributed by atoms with Crippen LogP contribution < -0.4 is 5.56 Å². The van der Waals surface area contributed by atoms with Crippen LogP contribution in [0.2, 0.25) is 0 Å². The van der Waals surface area contributed by atoms with Crippen molar-refractivity contribution in [2.24, 2.45) is 5.41 Å². The van der Waals surface area contributed by atoms with Crippen LogP contribution in [0.25, 0.3) is 10.2 Å². The average molecular weight is 398 g/mol. The molecule has 0 aromatic carbocycles. The van der Waals surface area contributed by atoms with Crippen LogP contribution in [0.3, 0.4) is 0 Å². The molecule has 0 unspecified atom stereocenters. The molecule has 142 valence electrons. The van der Waals surface area contributed by atoms with E-state index < -0.39 is 5.41 Å². The molecule has 0 spiro atoms. The third kappa shape index (κ3) is 3.52. The second-order valence-corrected chi connectivity index (χ2v) is 8.62. The number of alkyl halides is 1. The quantitative estimate of drug-likeness (QED) is 0.555. The SMILES string of the molecule is COCCCn1cnc2sc3c(c2c1=O)CCN(C(=O)C(C)(C)CCl)C3. The van der Waals surface area contributed by atoms with Gasteiger partial charge in [0.25, 0.3) is 5.56 Å². The van der Waals surface area contributed by atoms with Gasteiger partial charge in [-0.25, -0.2) is 4.98 Å². The fourth-order valence-corrected chi connectivity index (χ4v) is 4.52. The molecule has 2 aromatic heterocycles. The molecule has 0 saturated heterocycles. The first-order valence-electron chi connectivity index (χ1n) is 8.73. The fraction of sp³-hybridized carbons (Fsp3) is 0.611. The maximum absolute atomic E-state index is 12.9. The zero-order valence-corrected chi connectivity index (χ0v) is 17.0. The van der Waals surface area contributed by atoms with Crippen molar-refractivity contribution in [2.75, 3.05) is 26.1 Å². The van der Waals surface area contributed by atoms with E-state index in [0.717, 1.165) is 21.7 Å². The Labute approximate surface area is 161 Å². The van der Waals surface area contributed by atoms with Crippen molar-refractivity contribution in [3.05, 3.63) is 27.1 Å². The van der Waals surface area contributed by atoms with Gasteiger partial charge < -0.3 is 9.64 Å². The van der Waals surface area contributed by atoms with E-state index in [1.165, 1.54) is 11.3 Å². The van der Waals surface area contributed by atoms with Crippen molar-refractivity contribution < 1.29 is 9.53 Å². The highest BCUT2D eigenvalue weighted by molar-refractivity contribution is 7.18. The Kier molecular flexibility index (Phi) is 5.69. The Balaban J connectivity index is 1.90. The maximum atomic E-state index is 12.9. The molecule has 1 aliphatic rings. The lowest BCUT2D eigenvalue weighted by atomic mass is 9.93. The first-order valence-corrected chi connectivity index (χ1v) is 10.1. The molecule has 2 aromatic rings. The van der Waals surface area contributed by atoms with Gasteiger partial charge in [-0.2, -0.15) is 0 Å². The largest absolute Gasteiger partial charge is 0.385 e. The minimum absolute atomic E-state index is 0.00414. The highest BCUT2D eigenvalue weighted by Crippen LogP contribution is 2.34. The molecular formula is C18H24ClN3O3S. The smallest absolute Gasteiger partial charge is 0.262 e. The van der Waals surface area contributed by atoms with Crippen LogP contribution in [0, 0.1) is 5.41 Å². The Morgan fingerprint density at radius 3 is 2.92 bits per heavy atom. The van der Waals surface area contributed by atoms with E-state index in [9.17, 15) is 9.59 Å². The van der Waals surface area contributed by atoms with E-state index in [1.54, 1.807) is 18.0 Å². The summed E-state index contributed by atoms with van der Waals surface area (Å²) in [5, 5.41) is 0.716. The van der Waals surface area contributed by atoms with Gasteiger partial charge in [-0.3, -0.25) is 14.2 Å². The third-order valence-electron chi connectivity index (χ3n) is 4.78. The van der Waals surface area contributed by atoms with Crippen LogP contribution in [0.5, 0.6) is 0 Å². The number of ether oxygens (including phenoxy) is 1. The summed E-state index contributed by atoms with van der Waals surface area (Å²) < 4.78 is 6.71. The summed E-state index contributed by atoms with van der Waals surface area (Å²) in [6.45, 7) is 6.06. The number of methoxy groups -OCH3 is 1. The summed E-state index contributed by atoms with van der Waals surface area (Å²) in [5.74, 6) is 0.343. The van der Waals surface area contributed by atoms with Gasteiger partial charge in [0.1, 0.15) is 4.83 Å². The standard InChI is InChI=1S/C18H24ClN3O3S/c1-18(2,10-19)17(24)21-7-5-12-13(9-21)26-15-14(12)16(23)22(11-20-15)6-4-8-25-3/h11H,4-10H2,1-3H3. The number of rotatable bonds is 6. The zero-order chi connectivity index (χ0) is 18.9. The monoisotopic (exact) mass is 397 g/mol. The second kappa shape index (κ2) is 7.66. The van der Waals surface area contributed by atoms with Crippen molar-refractivity contribution in [2.45, 2.75) is 39.8 Å². The van der Waals surface area contributed by atoms with E-state index in [2.05, 4.69) is 4.98 Å². The van der Waals surface area contributed by atoms with Gasteiger partial charge in [-0.1, -0.05) is 0 Å². The minimum Gasteiger partial charge on any atom is -0.385 e. The van der Waals surface area contributed by atoms with Crippen LogP contribution in [0.15, 0.2) is 11.1 Å². The number of aromatic nitrogens is 2. The van der Waals surface area contributed by atoms with Gasteiger partial charge >= 0.3 is 0 Å². The molecule has 0 N–H and O–H groups in total. The molecular weight excluding hydrogens is 374 g/mol. The van der Waals surface area contributed by atoms with Crippen molar-refractivity contribution >= 4 is 39.1 Å². The second-order valence-electron chi connectivity index (χ2n) is 7.27. The molecule has 0 radical (unpaired) electrons. The summed E-state index contributed by atoms with van der Waals surface area (Å²) in [6.07, 6.45) is 3.06. The van der Waals surface area contributed by atoms with E-state index >= 15 is 0 Å². The number of hydrogen-bond acceptors (Lipinski definition) is 5. The highest BCUT2D eigenvalue weighted by atomic mass is 35.5. The van der Waals surface area contributed by atoms with Crippen LogP contribution in [-0.4, -0.2) is 46.5 Å². The molecule has 6 nitrogen and oxygen atoms in total. The maximum Gasteiger partial charge on any atom is 0.262 e. The number of nitrogens with zero attached hydrogens (tertiary/aromatic N) is 3. The molecule has 3 heterocycles. The van der Waals surface area contributed by atoms with Crippen molar-refractivity contribution in [1.29, 1.82) is 0 Å². The van der Waals surface area contributed by atoms with Gasteiger partial charge in [0.15, 0.2) is 0 Å². The number of amides is 1. The Hall–Kier alpha value is -1.44. The molecule has 3 rings (SSSR count). The Morgan fingerprint density at radius 1 is 1.46 bits per heavy atom. The van der Waals surface area contributed by atoms with Crippen molar-refractivity contribution in [3.8, 4) is 0 Å². The average Bonchev–Trinajstić information content (AvgIpc) is 3.01. The minimum atomic E-state index is -0.581. The molecule has 0 saturated carbocycles. The number of carbonyl (C=O) groups excluding carboxylic acids is 1. The molecule has 8 heteroatoms. The van der Waals surface area contributed by atoms with Gasteiger partial charge in [0, 0.05) is 37.6 Å². The number of carbonyl (C=O) groups is 1. The zero-order valence-electron chi connectivity index (χ0n) is 15.4. The third-order valence-corrected chi connectivity index (χ3v) is 6.57. The van der Waals surface area contributed by atoms with Gasteiger partial charge in [-0.05, 0) is 32.3 Å². The van der Waals surface area contributed by atoms with Crippen LogP contribution in [0.4, 0.5) is 0 Å². The van der Waals surface area contributed by atoms with Crippen molar-refractivity contribution in [3.63, 3.8) is 0 Å². The summed E-state index contributed by atoms with van der Waals surface area (Å²) in [4.78, 5) is 33.7. The van der Waals surface area contributed by atoms with Gasteiger partial charge in [0.2, 0.25) is 5.91 Å². The number of aryl methyl sites for hydroxylation is 1. The number of fused-ring (bicyclic) bond motifs is 3. The first kappa shape index (κ1) is 19.3. The molecule has 0 fully saturated rings. The summed E-state index contributed by atoms with van der Waals surface area (Å²) in [7, 11) is 1.65. The Morgan fingerprint density at radius 2 is 2.23 bits per heavy atom. The predicted molar refractivity (Wildman–Crippen MR) is 104 cm³/mol.